The second-order valence-corrected chi connectivity index (χ2v) is 5.46. The zero-order valence-corrected chi connectivity index (χ0v) is 11.0. The van der Waals surface area contributed by atoms with E-state index in [1.54, 1.807) is 5.51 Å². The van der Waals surface area contributed by atoms with E-state index >= 15 is 0 Å². The van der Waals surface area contributed by atoms with E-state index in [9.17, 15) is 4.79 Å². The molecule has 3 heterocycles. The predicted octanol–water partition coefficient (Wildman–Crippen LogP) is -0.0613. The Balaban J connectivity index is 1.72. The molecule has 2 aliphatic heterocycles. The van der Waals surface area contributed by atoms with Crippen LogP contribution in [0.4, 0.5) is 5.13 Å². The number of anilines is 1. The van der Waals surface area contributed by atoms with E-state index in [4.69, 9.17) is 0 Å². The van der Waals surface area contributed by atoms with Crippen LogP contribution in [0.5, 0.6) is 0 Å². The van der Waals surface area contributed by atoms with Crippen molar-refractivity contribution in [3.05, 3.63) is 5.51 Å². The van der Waals surface area contributed by atoms with Gasteiger partial charge in [-0.2, -0.15) is 0 Å². The number of nitrogens with one attached hydrogen (secondary N) is 1. The third kappa shape index (κ3) is 2.20. The third-order valence-corrected chi connectivity index (χ3v) is 4.29. The Bertz CT molecular complexity index is 404. The first-order chi connectivity index (χ1) is 8.86. The number of piperazine rings is 1. The molecule has 3 rings (SSSR count). The van der Waals surface area contributed by atoms with E-state index in [1.165, 1.54) is 11.3 Å². The highest BCUT2D eigenvalue weighted by atomic mass is 32.1. The summed E-state index contributed by atoms with van der Waals surface area (Å²) in [6.45, 7) is 4.35. The average Bonchev–Trinajstić information content (AvgIpc) is 3.09. The van der Waals surface area contributed by atoms with Crippen LogP contribution in [-0.2, 0) is 4.79 Å². The first-order valence-electron chi connectivity index (χ1n) is 6.38. The summed E-state index contributed by atoms with van der Waals surface area (Å²) in [5, 5.41) is 12.1. The van der Waals surface area contributed by atoms with Gasteiger partial charge < -0.3 is 15.1 Å². The van der Waals surface area contributed by atoms with Crippen molar-refractivity contribution in [1.82, 2.24) is 20.4 Å². The average molecular weight is 267 g/mol. The van der Waals surface area contributed by atoms with E-state index in [-0.39, 0.29) is 11.9 Å². The molecule has 0 bridgehead atoms. The summed E-state index contributed by atoms with van der Waals surface area (Å²) in [4.78, 5) is 16.6. The smallest absolute Gasteiger partial charge is 0.245 e. The zero-order valence-electron chi connectivity index (χ0n) is 10.2. The number of carbonyl (C=O) groups excluding carboxylic acids is 1. The Morgan fingerprint density at radius 2 is 2.22 bits per heavy atom. The summed E-state index contributed by atoms with van der Waals surface area (Å²) in [6.07, 6.45) is 1.99. The molecule has 6 nitrogen and oxygen atoms in total. The number of hydrogen-bond donors (Lipinski definition) is 1. The van der Waals surface area contributed by atoms with E-state index < -0.39 is 0 Å². The van der Waals surface area contributed by atoms with Crippen molar-refractivity contribution in [2.45, 2.75) is 18.9 Å². The van der Waals surface area contributed by atoms with Crippen molar-refractivity contribution in [3.63, 3.8) is 0 Å². The van der Waals surface area contributed by atoms with Crippen molar-refractivity contribution in [2.75, 3.05) is 37.6 Å². The molecular formula is C11H17N5OS. The van der Waals surface area contributed by atoms with Gasteiger partial charge in [-0.3, -0.25) is 4.79 Å². The lowest BCUT2D eigenvalue weighted by Crippen LogP contribution is -2.52. The Hall–Kier alpha value is -1.21. The topological polar surface area (TPSA) is 61.4 Å². The molecule has 2 aliphatic rings. The lowest BCUT2D eigenvalue weighted by Gasteiger charge is -2.32. The van der Waals surface area contributed by atoms with E-state index in [0.717, 1.165) is 50.7 Å². The van der Waals surface area contributed by atoms with Gasteiger partial charge >= 0.3 is 0 Å². The molecule has 0 aromatic carbocycles. The normalized spacial score (nSPS) is 24.6. The molecule has 0 spiro atoms. The Morgan fingerprint density at radius 3 is 2.94 bits per heavy atom. The van der Waals surface area contributed by atoms with Gasteiger partial charge in [-0.15, -0.1) is 10.2 Å². The van der Waals surface area contributed by atoms with Crippen molar-refractivity contribution in [1.29, 1.82) is 0 Å². The monoisotopic (exact) mass is 267 g/mol. The van der Waals surface area contributed by atoms with Gasteiger partial charge in [-0.25, -0.2) is 0 Å². The van der Waals surface area contributed by atoms with Gasteiger partial charge in [0.05, 0.1) is 0 Å². The Labute approximate surface area is 110 Å². The molecule has 1 aromatic rings. The van der Waals surface area contributed by atoms with Gasteiger partial charge in [0.15, 0.2) is 0 Å². The fourth-order valence-corrected chi connectivity index (χ4v) is 3.28. The molecular weight excluding hydrogens is 250 g/mol. The van der Waals surface area contributed by atoms with Crippen molar-refractivity contribution < 1.29 is 4.79 Å². The molecule has 1 unspecified atom stereocenters. The van der Waals surface area contributed by atoms with Gasteiger partial charge in [0.25, 0.3) is 0 Å². The van der Waals surface area contributed by atoms with Crippen LogP contribution in [0.15, 0.2) is 5.51 Å². The summed E-state index contributed by atoms with van der Waals surface area (Å²) < 4.78 is 0. The largest absolute Gasteiger partial charge is 0.338 e. The number of aromatic nitrogens is 2. The van der Waals surface area contributed by atoms with E-state index in [2.05, 4.69) is 20.4 Å². The van der Waals surface area contributed by atoms with Crippen LogP contribution in [-0.4, -0.2) is 59.8 Å². The van der Waals surface area contributed by atoms with E-state index in [1.807, 2.05) is 4.90 Å². The van der Waals surface area contributed by atoms with Crippen molar-refractivity contribution in [2.24, 2.45) is 0 Å². The molecule has 1 aromatic heterocycles. The molecule has 1 atom stereocenters. The summed E-state index contributed by atoms with van der Waals surface area (Å²) in [6, 6.07) is -0.0314. The van der Waals surface area contributed by atoms with Gasteiger partial charge in [0.2, 0.25) is 11.0 Å². The maximum Gasteiger partial charge on any atom is 0.245 e. The summed E-state index contributed by atoms with van der Waals surface area (Å²) >= 11 is 1.51. The van der Waals surface area contributed by atoms with Crippen LogP contribution in [0, 0.1) is 0 Å². The molecule has 2 fully saturated rings. The molecule has 18 heavy (non-hydrogen) atoms. The Morgan fingerprint density at radius 1 is 1.39 bits per heavy atom. The van der Waals surface area contributed by atoms with Crippen molar-refractivity contribution >= 4 is 22.4 Å². The molecule has 2 saturated heterocycles. The molecule has 0 radical (unpaired) electrons. The molecule has 7 heteroatoms. The first kappa shape index (κ1) is 11.9. The van der Waals surface area contributed by atoms with E-state index in [0.29, 0.717) is 0 Å². The van der Waals surface area contributed by atoms with Crippen LogP contribution in [0.3, 0.4) is 0 Å². The second-order valence-electron chi connectivity index (χ2n) is 4.65. The fraction of sp³-hybridized carbons (Fsp3) is 0.727. The fourth-order valence-electron chi connectivity index (χ4n) is 2.64. The molecule has 0 saturated carbocycles. The number of carbonyl (C=O) groups is 1. The highest BCUT2D eigenvalue weighted by molar-refractivity contribution is 7.13. The van der Waals surface area contributed by atoms with Gasteiger partial charge in [-0.1, -0.05) is 11.3 Å². The maximum atomic E-state index is 12.5. The summed E-state index contributed by atoms with van der Waals surface area (Å²) in [5.41, 5.74) is 1.72. The molecule has 1 amide bonds. The summed E-state index contributed by atoms with van der Waals surface area (Å²) in [5.74, 6) is 0.254. The third-order valence-electron chi connectivity index (χ3n) is 3.56. The minimum Gasteiger partial charge on any atom is -0.338 e. The second kappa shape index (κ2) is 5.19. The SMILES string of the molecule is O=C(C1CCCN1c1nncs1)N1CCNCC1. The highest BCUT2D eigenvalue weighted by Gasteiger charge is 2.35. The number of hydrogen-bond acceptors (Lipinski definition) is 6. The van der Waals surface area contributed by atoms with Crippen LogP contribution in [0.2, 0.25) is 0 Å². The summed E-state index contributed by atoms with van der Waals surface area (Å²) in [7, 11) is 0. The minimum atomic E-state index is -0.0314. The van der Waals surface area contributed by atoms with Gasteiger partial charge in [-0.05, 0) is 12.8 Å². The molecule has 1 N–H and O–H groups in total. The van der Waals surface area contributed by atoms with Gasteiger partial charge in [0, 0.05) is 32.7 Å². The van der Waals surface area contributed by atoms with Crippen LogP contribution in [0.1, 0.15) is 12.8 Å². The van der Waals surface area contributed by atoms with Crippen LogP contribution < -0.4 is 10.2 Å². The standard InChI is InChI=1S/C11H17N5OS/c17-10(15-6-3-12-4-7-15)9-2-1-5-16(9)11-14-13-8-18-11/h8-9,12H,1-7H2. The predicted molar refractivity (Wildman–Crippen MR) is 69.7 cm³/mol. The lowest BCUT2D eigenvalue weighted by molar-refractivity contribution is -0.132. The molecule has 0 aliphatic carbocycles. The lowest BCUT2D eigenvalue weighted by atomic mass is 10.2. The van der Waals surface area contributed by atoms with Crippen molar-refractivity contribution in [3.8, 4) is 0 Å². The Kier molecular flexibility index (Phi) is 3.42. The highest BCUT2D eigenvalue weighted by Crippen LogP contribution is 2.27. The maximum absolute atomic E-state index is 12.5. The first-order valence-corrected chi connectivity index (χ1v) is 7.26. The van der Waals surface area contributed by atoms with Crippen LogP contribution >= 0.6 is 11.3 Å². The van der Waals surface area contributed by atoms with Gasteiger partial charge in [0.1, 0.15) is 11.6 Å². The number of rotatable bonds is 2. The number of amides is 1. The zero-order chi connectivity index (χ0) is 12.4. The van der Waals surface area contributed by atoms with Crippen LogP contribution in [0.25, 0.3) is 0 Å². The molecule has 98 valence electrons. The minimum absolute atomic E-state index is 0.0314. The number of nitrogens with zero attached hydrogens (tertiary/aromatic N) is 4. The quantitative estimate of drug-likeness (QED) is 0.813.